The number of aromatic nitrogens is 4. The molecule has 0 aliphatic rings. The van der Waals surface area contributed by atoms with E-state index in [4.69, 9.17) is 4.74 Å². The number of anilines is 1. The van der Waals surface area contributed by atoms with Crippen molar-refractivity contribution in [2.24, 2.45) is 0 Å². The van der Waals surface area contributed by atoms with Gasteiger partial charge in [0, 0.05) is 5.69 Å². The van der Waals surface area contributed by atoms with E-state index >= 15 is 0 Å². The summed E-state index contributed by atoms with van der Waals surface area (Å²) >= 11 is 1.32. The molecule has 27 heavy (non-hydrogen) atoms. The SMILES string of the molecule is CCOc1ccc(NC(=O)C(C)Sc2nnnn2Cc2ccccc2)cc1. The van der Waals surface area contributed by atoms with Gasteiger partial charge in [-0.1, -0.05) is 42.1 Å². The average Bonchev–Trinajstić information content (AvgIpc) is 3.11. The first-order chi connectivity index (χ1) is 13.2. The van der Waals surface area contributed by atoms with Gasteiger partial charge < -0.3 is 10.1 Å². The Morgan fingerprint density at radius 3 is 2.63 bits per heavy atom. The molecule has 1 aromatic heterocycles. The molecule has 0 aliphatic heterocycles. The van der Waals surface area contributed by atoms with E-state index in [0.717, 1.165) is 17.0 Å². The molecule has 0 spiro atoms. The fourth-order valence-corrected chi connectivity index (χ4v) is 3.18. The van der Waals surface area contributed by atoms with Gasteiger partial charge in [-0.05, 0) is 54.1 Å². The number of thioether (sulfide) groups is 1. The summed E-state index contributed by atoms with van der Waals surface area (Å²) < 4.78 is 7.10. The van der Waals surface area contributed by atoms with Gasteiger partial charge in [0.1, 0.15) is 5.75 Å². The fraction of sp³-hybridized carbons (Fsp3) is 0.263. The van der Waals surface area contributed by atoms with E-state index in [1.807, 2.05) is 68.4 Å². The molecule has 3 aromatic rings. The Morgan fingerprint density at radius 2 is 1.93 bits per heavy atom. The smallest absolute Gasteiger partial charge is 0.237 e. The van der Waals surface area contributed by atoms with E-state index < -0.39 is 0 Å². The summed E-state index contributed by atoms with van der Waals surface area (Å²) in [5.41, 5.74) is 1.82. The predicted molar refractivity (Wildman–Crippen MR) is 105 cm³/mol. The second-order valence-electron chi connectivity index (χ2n) is 5.81. The van der Waals surface area contributed by atoms with E-state index in [9.17, 15) is 4.79 Å². The zero-order chi connectivity index (χ0) is 19.1. The summed E-state index contributed by atoms with van der Waals surface area (Å²) in [7, 11) is 0. The minimum Gasteiger partial charge on any atom is -0.494 e. The van der Waals surface area contributed by atoms with Crippen molar-refractivity contribution in [1.29, 1.82) is 0 Å². The normalized spacial score (nSPS) is 11.8. The Hall–Kier alpha value is -2.87. The van der Waals surface area contributed by atoms with Crippen LogP contribution < -0.4 is 10.1 Å². The van der Waals surface area contributed by atoms with Gasteiger partial charge in [-0.15, -0.1) is 5.10 Å². The molecule has 0 fully saturated rings. The van der Waals surface area contributed by atoms with Crippen LogP contribution in [0, 0.1) is 0 Å². The number of hydrogen-bond donors (Lipinski definition) is 1. The van der Waals surface area contributed by atoms with Crippen molar-refractivity contribution in [3.8, 4) is 5.75 Å². The van der Waals surface area contributed by atoms with E-state index in [-0.39, 0.29) is 11.2 Å². The minimum absolute atomic E-state index is 0.113. The lowest BCUT2D eigenvalue weighted by Gasteiger charge is -2.12. The van der Waals surface area contributed by atoms with Gasteiger partial charge in [0.2, 0.25) is 11.1 Å². The molecule has 1 amide bonds. The van der Waals surface area contributed by atoms with Crippen molar-refractivity contribution in [1.82, 2.24) is 20.2 Å². The minimum atomic E-state index is -0.350. The van der Waals surface area contributed by atoms with Gasteiger partial charge in [-0.2, -0.15) is 0 Å². The highest BCUT2D eigenvalue weighted by Crippen LogP contribution is 2.23. The summed E-state index contributed by atoms with van der Waals surface area (Å²) in [6, 6.07) is 17.2. The van der Waals surface area contributed by atoms with Crippen molar-refractivity contribution in [2.45, 2.75) is 30.8 Å². The molecule has 0 saturated heterocycles. The maximum atomic E-state index is 12.5. The number of carbonyl (C=O) groups excluding carboxylic acids is 1. The summed E-state index contributed by atoms with van der Waals surface area (Å²) in [6.07, 6.45) is 0. The van der Waals surface area contributed by atoms with E-state index in [1.165, 1.54) is 11.8 Å². The largest absolute Gasteiger partial charge is 0.494 e. The lowest BCUT2D eigenvalue weighted by molar-refractivity contribution is -0.115. The third-order valence-electron chi connectivity index (χ3n) is 3.76. The molecule has 1 atom stereocenters. The zero-order valence-corrected chi connectivity index (χ0v) is 16.0. The molecule has 2 aromatic carbocycles. The highest BCUT2D eigenvalue weighted by molar-refractivity contribution is 8.00. The molecule has 3 rings (SSSR count). The van der Waals surface area contributed by atoms with Gasteiger partial charge in [0.15, 0.2) is 0 Å². The van der Waals surface area contributed by atoms with Gasteiger partial charge in [0.25, 0.3) is 0 Å². The standard InChI is InChI=1S/C19H21N5O2S/c1-3-26-17-11-9-16(10-12-17)20-18(25)14(2)27-19-21-22-23-24(19)13-15-7-5-4-6-8-15/h4-12,14H,3,13H2,1-2H3,(H,20,25). The van der Waals surface area contributed by atoms with E-state index in [2.05, 4.69) is 20.8 Å². The number of carbonyl (C=O) groups is 1. The van der Waals surface area contributed by atoms with E-state index in [0.29, 0.717) is 18.3 Å². The number of tetrazole rings is 1. The lowest BCUT2D eigenvalue weighted by Crippen LogP contribution is -2.23. The van der Waals surface area contributed by atoms with Crippen LogP contribution in [0.1, 0.15) is 19.4 Å². The van der Waals surface area contributed by atoms with Crippen molar-refractivity contribution >= 4 is 23.4 Å². The van der Waals surface area contributed by atoms with Gasteiger partial charge in [-0.25, -0.2) is 4.68 Å². The Kier molecular flexibility index (Phi) is 6.43. The van der Waals surface area contributed by atoms with Crippen LogP contribution in [-0.4, -0.2) is 38.0 Å². The molecule has 1 unspecified atom stereocenters. The molecular formula is C19H21N5O2S. The quantitative estimate of drug-likeness (QED) is 0.602. The monoisotopic (exact) mass is 383 g/mol. The number of hydrogen-bond acceptors (Lipinski definition) is 6. The molecule has 1 N–H and O–H groups in total. The van der Waals surface area contributed by atoms with Crippen LogP contribution in [0.4, 0.5) is 5.69 Å². The first-order valence-corrected chi connectivity index (χ1v) is 9.54. The Bertz CT molecular complexity index is 867. The lowest BCUT2D eigenvalue weighted by atomic mass is 10.2. The summed E-state index contributed by atoms with van der Waals surface area (Å²) in [5.74, 6) is 0.663. The number of ether oxygens (including phenoxy) is 1. The second kappa shape index (κ2) is 9.18. The van der Waals surface area contributed by atoms with Crippen LogP contribution >= 0.6 is 11.8 Å². The summed E-state index contributed by atoms with van der Waals surface area (Å²) in [6.45, 7) is 4.93. The molecular weight excluding hydrogens is 362 g/mol. The molecule has 0 saturated carbocycles. The molecule has 0 radical (unpaired) electrons. The number of nitrogens with one attached hydrogen (secondary N) is 1. The van der Waals surface area contributed by atoms with Crippen LogP contribution in [0.2, 0.25) is 0 Å². The maximum Gasteiger partial charge on any atom is 0.237 e. The number of amides is 1. The van der Waals surface area contributed by atoms with Gasteiger partial charge in [0.05, 0.1) is 18.4 Å². The maximum absolute atomic E-state index is 12.5. The first kappa shape index (κ1) is 18.9. The van der Waals surface area contributed by atoms with E-state index in [1.54, 1.807) is 4.68 Å². The summed E-state index contributed by atoms with van der Waals surface area (Å²) in [5, 5.41) is 15.0. The van der Waals surface area contributed by atoms with Crippen LogP contribution in [0.25, 0.3) is 0 Å². The van der Waals surface area contributed by atoms with Crippen LogP contribution in [0.5, 0.6) is 5.75 Å². The highest BCUT2D eigenvalue weighted by Gasteiger charge is 2.19. The Labute approximate surface area is 162 Å². The third-order valence-corrected chi connectivity index (χ3v) is 4.83. The molecule has 1 heterocycles. The second-order valence-corrected chi connectivity index (χ2v) is 7.12. The first-order valence-electron chi connectivity index (χ1n) is 8.66. The third kappa shape index (κ3) is 5.30. The topological polar surface area (TPSA) is 81.9 Å². The Morgan fingerprint density at radius 1 is 1.19 bits per heavy atom. The van der Waals surface area contributed by atoms with Crippen molar-refractivity contribution in [3.05, 3.63) is 60.2 Å². The number of benzene rings is 2. The molecule has 0 aliphatic carbocycles. The number of nitrogens with zero attached hydrogens (tertiary/aromatic N) is 4. The number of rotatable bonds is 8. The highest BCUT2D eigenvalue weighted by atomic mass is 32.2. The molecule has 7 nitrogen and oxygen atoms in total. The molecule has 0 bridgehead atoms. The fourth-order valence-electron chi connectivity index (χ4n) is 2.39. The van der Waals surface area contributed by atoms with Crippen molar-refractivity contribution in [2.75, 3.05) is 11.9 Å². The molecule has 8 heteroatoms. The van der Waals surface area contributed by atoms with Crippen LogP contribution in [-0.2, 0) is 11.3 Å². The summed E-state index contributed by atoms with van der Waals surface area (Å²) in [4.78, 5) is 12.5. The zero-order valence-electron chi connectivity index (χ0n) is 15.2. The Balaban J connectivity index is 1.59. The van der Waals surface area contributed by atoms with Crippen molar-refractivity contribution in [3.63, 3.8) is 0 Å². The predicted octanol–water partition coefficient (Wildman–Crippen LogP) is 3.24. The molecule has 140 valence electrons. The average molecular weight is 383 g/mol. The van der Waals surface area contributed by atoms with Crippen molar-refractivity contribution < 1.29 is 9.53 Å². The van der Waals surface area contributed by atoms with Crippen LogP contribution in [0.15, 0.2) is 59.8 Å². The van der Waals surface area contributed by atoms with Gasteiger partial charge >= 0.3 is 0 Å². The van der Waals surface area contributed by atoms with Crippen LogP contribution in [0.3, 0.4) is 0 Å². The van der Waals surface area contributed by atoms with Gasteiger partial charge in [-0.3, -0.25) is 4.79 Å².